The van der Waals surface area contributed by atoms with Gasteiger partial charge in [0.2, 0.25) is 0 Å². The first-order chi connectivity index (χ1) is 6.92. The van der Waals surface area contributed by atoms with Gasteiger partial charge in [-0.05, 0) is 33.6 Å². The second-order valence-electron chi connectivity index (χ2n) is 2.87. The van der Waals surface area contributed by atoms with E-state index in [1.54, 1.807) is 12.1 Å². The molecule has 0 unspecified atom stereocenters. The summed E-state index contributed by atoms with van der Waals surface area (Å²) in [6.07, 6.45) is -4.33. The highest BCUT2D eigenvalue weighted by Gasteiger charge is 2.28. The van der Waals surface area contributed by atoms with E-state index in [0.717, 1.165) is 5.56 Å². The summed E-state index contributed by atoms with van der Waals surface area (Å²) >= 11 is 3.11. The van der Waals surface area contributed by atoms with Crippen LogP contribution in [-0.2, 0) is 6.54 Å². The van der Waals surface area contributed by atoms with Gasteiger partial charge < -0.3 is 10.5 Å². The van der Waals surface area contributed by atoms with Crippen LogP contribution in [0, 0.1) is 0 Å². The van der Waals surface area contributed by atoms with Crippen LogP contribution in [0.25, 0.3) is 0 Å². The van der Waals surface area contributed by atoms with Crippen LogP contribution in [0.5, 0.6) is 5.75 Å². The third-order valence-electron chi connectivity index (χ3n) is 1.62. The van der Waals surface area contributed by atoms with Gasteiger partial charge in [-0.3, -0.25) is 0 Å². The normalized spacial score (nSPS) is 10.8. The summed E-state index contributed by atoms with van der Waals surface area (Å²) in [5, 5.41) is 0. The zero-order chi connectivity index (χ0) is 11.5. The molecule has 1 aromatic carbocycles. The van der Waals surface area contributed by atoms with Crippen LogP contribution >= 0.6 is 28.3 Å². The predicted molar refractivity (Wildman–Crippen MR) is 60.8 cm³/mol. The van der Waals surface area contributed by atoms with E-state index >= 15 is 0 Å². The molecule has 0 spiro atoms. The van der Waals surface area contributed by atoms with Crippen molar-refractivity contribution in [1.29, 1.82) is 0 Å². The van der Waals surface area contributed by atoms with Crippen LogP contribution < -0.4 is 10.5 Å². The first-order valence-corrected chi connectivity index (χ1v) is 4.90. The number of benzene rings is 1. The average Bonchev–Trinajstić information content (AvgIpc) is 2.14. The first-order valence-electron chi connectivity index (χ1n) is 4.10. The molecule has 92 valence electrons. The van der Waals surface area contributed by atoms with E-state index in [1.807, 2.05) is 0 Å². The fraction of sp³-hybridized carbons (Fsp3) is 0.333. The Hall–Kier alpha value is -0.460. The molecule has 0 aromatic heterocycles. The molecule has 0 amide bonds. The van der Waals surface area contributed by atoms with E-state index in [9.17, 15) is 13.2 Å². The van der Waals surface area contributed by atoms with Crippen molar-refractivity contribution < 1.29 is 17.9 Å². The zero-order valence-corrected chi connectivity index (χ0v) is 10.5. The standard InChI is InChI=1S/C9H9BrF3NO.ClH/c10-7-3-6(4-14)1-2-8(7)15-5-9(11,12)13;/h1-3H,4-5,14H2;1H. The quantitative estimate of drug-likeness (QED) is 0.928. The fourth-order valence-electron chi connectivity index (χ4n) is 0.948. The summed E-state index contributed by atoms with van der Waals surface area (Å²) in [4.78, 5) is 0. The lowest BCUT2D eigenvalue weighted by Crippen LogP contribution is -2.19. The van der Waals surface area contributed by atoms with Crippen LogP contribution in [0.4, 0.5) is 13.2 Å². The molecule has 0 fully saturated rings. The molecule has 2 nitrogen and oxygen atoms in total. The van der Waals surface area contributed by atoms with Gasteiger partial charge in [-0.1, -0.05) is 6.07 Å². The van der Waals surface area contributed by atoms with Crippen LogP contribution in [0.1, 0.15) is 5.56 Å². The lowest BCUT2D eigenvalue weighted by atomic mass is 10.2. The van der Waals surface area contributed by atoms with Gasteiger partial charge in [-0.25, -0.2) is 0 Å². The van der Waals surface area contributed by atoms with Crippen molar-refractivity contribution in [2.75, 3.05) is 6.61 Å². The largest absolute Gasteiger partial charge is 0.483 e. The summed E-state index contributed by atoms with van der Waals surface area (Å²) in [5.41, 5.74) is 6.19. The molecule has 0 saturated carbocycles. The molecule has 7 heteroatoms. The third kappa shape index (κ3) is 5.05. The Morgan fingerprint density at radius 1 is 1.31 bits per heavy atom. The topological polar surface area (TPSA) is 35.2 Å². The highest BCUT2D eigenvalue weighted by Crippen LogP contribution is 2.27. The minimum Gasteiger partial charge on any atom is -0.483 e. The summed E-state index contributed by atoms with van der Waals surface area (Å²) in [6, 6.07) is 4.71. The van der Waals surface area contributed by atoms with Crippen LogP contribution in [0.15, 0.2) is 22.7 Å². The molecule has 16 heavy (non-hydrogen) atoms. The molecule has 0 aliphatic rings. The van der Waals surface area contributed by atoms with Gasteiger partial charge in [0, 0.05) is 6.54 Å². The summed E-state index contributed by atoms with van der Waals surface area (Å²) in [5.74, 6) is 0.157. The Labute approximate surface area is 105 Å². The molecular weight excluding hydrogens is 310 g/mol. The first kappa shape index (κ1) is 15.5. The highest BCUT2D eigenvalue weighted by atomic mass is 79.9. The number of nitrogens with two attached hydrogens (primary N) is 1. The van der Waals surface area contributed by atoms with Crippen molar-refractivity contribution in [2.45, 2.75) is 12.7 Å². The molecule has 0 atom stereocenters. The highest BCUT2D eigenvalue weighted by molar-refractivity contribution is 9.10. The van der Waals surface area contributed by atoms with Crippen molar-refractivity contribution in [1.82, 2.24) is 0 Å². The van der Waals surface area contributed by atoms with Gasteiger partial charge in [-0.2, -0.15) is 13.2 Å². The third-order valence-corrected chi connectivity index (χ3v) is 2.24. The lowest BCUT2D eigenvalue weighted by Gasteiger charge is -2.11. The van der Waals surface area contributed by atoms with Crippen molar-refractivity contribution in [3.8, 4) is 5.75 Å². The Bertz CT molecular complexity index is 346. The molecule has 0 aliphatic carbocycles. The average molecular weight is 321 g/mol. The molecule has 1 rings (SSSR count). The minimum absolute atomic E-state index is 0. The van der Waals surface area contributed by atoms with E-state index in [4.69, 9.17) is 5.73 Å². The number of alkyl halides is 3. The van der Waals surface area contributed by atoms with Crippen molar-refractivity contribution in [3.63, 3.8) is 0 Å². The zero-order valence-electron chi connectivity index (χ0n) is 8.05. The second kappa shape index (κ2) is 6.32. The van der Waals surface area contributed by atoms with Gasteiger partial charge >= 0.3 is 6.18 Å². The monoisotopic (exact) mass is 319 g/mol. The number of hydrogen-bond donors (Lipinski definition) is 1. The molecule has 2 N–H and O–H groups in total. The second-order valence-corrected chi connectivity index (χ2v) is 3.73. The van der Waals surface area contributed by atoms with Gasteiger partial charge in [0.15, 0.2) is 6.61 Å². The number of ether oxygens (including phenoxy) is 1. The molecule has 1 aromatic rings. The Balaban J connectivity index is 0.00000225. The van der Waals surface area contributed by atoms with Crippen molar-refractivity contribution in [3.05, 3.63) is 28.2 Å². The van der Waals surface area contributed by atoms with Crippen LogP contribution in [-0.4, -0.2) is 12.8 Å². The molecule has 0 saturated heterocycles. The molecule has 0 radical (unpaired) electrons. The molecule has 0 bridgehead atoms. The predicted octanol–water partition coefficient (Wildman–Crippen LogP) is 3.27. The van der Waals surface area contributed by atoms with Gasteiger partial charge in [0.05, 0.1) is 4.47 Å². The molecular formula is C9H10BrClF3NO. The van der Waals surface area contributed by atoms with Gasteiger partial charge in [0.1, 0.15) is 5.75 Å². The molecule has 0 aliphatic heterocycles. The van der Waals surface area contributed by atoms with E-state index in [0.29, 0.717) is 11.0 Å². The van der Waals surface area contributed by atoms with E-state index in [-0.39, 0.29) is 18.2 Å². The van der Waals surface area contributed by atoms with E-state index in [1.165, 1.54) is 6.07 Å². The van der Waals surface area contributed by atoms with E-state index in [2.05, 4.69) is 20.7 Å². The van der Waals surface area contributed by atoms with E-state index < -0.39 is 12.8 Å². The Morgan fingerprint density at radius 3 is 2.38 bits per heavy atom. The summed E-state index contributed by atoms with van der Waals surface area (Å²) < 4.78 is 40.6. The SMILES string of the molecule is Cl.NCc1ccc(OCC(F)(F)F)c(Br)c1. The maximum Gasteiger partial charge on any atom is 0.422 e. The minimum atomic E-state index is -4.33. The maximum absolute atomic E-state index is 11.9. The smallest absolute Gasteiger partial charge is 0.422 e. The maximum atomic E-state index is 11.9. The Morgan fingerprint density at radius 2 is 1.94 bits per heavy atom. The Kier molecular flexibility index (Phi) is 6.14. The molecule has 0 heterocycles. The summed E-state index contributed by atoms with van der Waals surface area (Å²) in [7, 11) is 0. The van der Waals surface area contributed by atoms with Crippen LogP contribution in [0.3, 0.4) is 0 Å². The number of halogens is 5. The van der Waals surface area contributed by atoms with Crippen molar-refractivity contribution in [2.24, 2.45) is 5.73 Å². The number of hydrogen-bond acceptors (Lipinski definition) is 2. The van der Waals surface area contributed by atoms with Crippen molar-refractivity contribution >= 4 is 28.3 Å². The lowest BCUT2D eigenvalue weighted by molar-refractivity contribution is -0.153. The van der Waals surface area contributed by atoms with Gasteiger partial charge in [-0.15, -0.1) is 12.4 Å². The van der Waals surface area contributed by atoms with Crippen LogP contribution in [0.2, 0.25) is 0 Å². The fourth-order valence-corrected chi connectivity index (χ4v) is 1.49. The number of rotatable bonds is 3. The summed E-state index contributed by atoms with van der Waals surface area (Å²) in [6.45, 7) is -0.967. The van der Waals surface area contributed by atoms with Gasteiger partial charge in [0.25, 0.3) is 0 Å².